The molecule has 0 radical (unpaired) electrons. The zero-order valence-electron chi connectivity index (χ0n) is 30.2. The molecule has 4 heterocycles. The number of aliphatic imine (C=N–C) groups is 1. The van der Waals surface area contributed by atoms with E-state index < -0.39 is 96.2 Å². The molecule has 5 aliphatic rings. The first kappa shape index (κ1) is 38.2. The molecular formula is C34H49NO15. The molecule has 4 fully saturated rings. The monoisotopic (exact) mass is 711 g/mol. The Bertz CT molecular complexity index is 1420. The lowest BCUT2D eigenvalue weighted by Gasteiger charge is -2.44. The number of hydrogen-bond acceptors (Lipinski definition) is 16. The van der Waals surface area contributed by atoms with Gasteiger partial charge in [0, 0.05) is 39.3 Å². The summed E-state index contributed by atoms with van der Waals surface area (Å²) >= 11 is 0. The van der Waals surface area contributed by atoms with Gasteiger partial charge in [-0.2, -0.15) is 0 Å². The third-order valence-electron chi connectivity index (χ3n) is 8.90. The number of aliphatic hydroxyl groups excluding tert-OH is 1. The standard InChI is InChI=1S/C34H49NO15/c1-15(23-19(39)11-32(5,6)12-20(23)40)35-24-27(44-18(4)38)25(43-17(3)37)21(13-41-16(2)36)45-30(24)42-14-22-26-28(48-33(7,8)47-26)29-31(46-22)50-34(9,10)49-29/h21-22,24-31,39H,11-14H2,1-10H3/t21-,22-,24-,25-,26+,27-,28+,29-,30+,31-/m1/s1. The summed E-state index contributed by atoms with van der Waals surface area (Å²) in [5.74, 6) is -4.47. The molecule has 5 rings (SSSR count). The molecule has 4 saturated heterocycles. The number of rotatable bonds is 9. The van der Waals surface area contributed by atoms with E-state index in [-0.39, 0.29) is 48.9 Å². The van der Waals surface area contributed by atoms with Crippen molar-refractivity contribution < 1.29 is 71.7 Å². The number of aliphatic hydroxyl groups is 1. The van der Waals surface area contributed by atoms with Crippen LogP contribution in [0.1, 0.15) is 82.1 Å². The fourth-order valence-corrected chi connectivity index (χ4v) is 7.16. The number of nitrogens with zero attached hydrogens (tertiary/aromatic N) is 1. The summed E-state index contributed by atoms with van der Waals surface area (Å²) in [4.78, 5) is 54.7. The van der Waals surface area contributed by atoms with Crippen LogP contribution >= 0.6 is 0 Å². The minimum absolute atomic E-state index is 0.0277. The molecule has 10 atom stereocenters. The Hall–Kier alpha value is -2.99. The Morgan fingerprint density at radius 1 is 0.760 bits per heavy atom. The molecule has 0 aromatic carbocycles. The molecule has 0 aromatic heterocycles. The van der Waals surface area contributed by atoms with Gasteiger partial charge in [-0.1, -0.05) is 13.8 Å². The maximum atomic E-state index is 13.3. The molecular weight excluding hydrogens is 662 g/mol. The van der Waals surface area contributed by atoms with Crippen molar-refractivity contribution in [2.75, 3.05) is 13.2 Å². The molecule has 0 bridgehead atoms. The molecule has 4 aliphatic heterocycles. The van der Waals surface area contributed by atoms with Gasteiger partial charge in [0.1, 0.15) is 48.9 Å². The Labute approximate surface area is 291 Å². The van der Waals surface area contributed by atoms with E-state index >= 15 is 0 Å². The molecule has 0 spiro atoms. The zero-order chi connectivity index (χ0) is 36.9. The van der Waals surface area contributed by atoms with Crippen molar-refractivity contribution >= 4 is 29.4 Å². The molecule has 0 amide bonds. The lowest BCUT2D eigenvalue weighted by atomic mass is 9.75. The number of ketones is 1. The number of carbonyl (C=O) groups is 4. The number of esters is 3. The molecule has 0 unspecified atom stereocenters. The maximum absolute atomic E-state index is 13.3. The van der Waals surface area contributed by atoms with Crippen LogP contribution in [0.15, 0.2) is 16.3 Å². The van der Waals surface area contributed by atoms with Gasteiger partial charge in [-0.05, 0) is 40.0 Å². The number of carbonyl (C=O) groups excluding carboxylic acids is 4. The molecule has 0 saturated carbocycles. The second kappa shape index (κ2) is 14.2. The Morgan fingerprint density at radius 2 is 1.36 bits per heavy atom. The van der Waals surface area contributed by atoms with Gasteiger partial charge in [-0.15, -0.1) is 0 Å². The molecule has 16 heteroatoms. The van der Waals surface area contributed by atoms with E-state index in [1.165, 1.54) is 20.8 Å². The largest absolute Gasteiger partial charge is 0.511 e. The van der Waals surface area contributed by atoms with Crippen molar-refractivity contribution in [2.45, 2.75) is 155 Å². The molecule has 50 heavy (non-hydrogen) atoms. The van der Waals surface area contributed by atoms with Gasteiger partial charge in [-0.25, -0.2) is 0 Å². The fourth-order valence-electron chi connectivity index (χ4n) is 7.16. The number of ether oxygens (including phenoxy) is 10. The Balaban J connectivity index is 1.51. The number of Topliss-reactive ketones (excluding diaryl/α,β-unsaturated/α-hetero) is 1. The van der Waals surface area contributed by atoms with Gasteiger partial charge in [0.05, 0.1) is 12.2 Å². The molecule has 1 N–H and O–H groups in total. The predicted molar refractivity (Wildman–Crippen MR) is 169 cm³/mol. The van der Waals surface area contributed by atoms with Crippen molar-refractivity contribution in [3.8, 4) is 0 Å². The van der Waals surface area contributed by atoms with Crippen molar-refractivity contribution in [3.63, 3.8) is 0 Å². The highest BCUT2D eigenvalue weighted by Crippen LogP contribution is 2.44. The minimum Gasteiger partial charge on any atom is -0.511 e. The smallest absolute Gasteiger partial charge is 0.303 e. The lowest BCUT2D eigenvalue weighted by Crippen LogP contribution is -2.62. The molecule has 1 aliphatic carbocycles. The average molecular weight is 712 g/mol. The van der Waals surface area contributed by atoms with Crippen LogP contribution in [0.3, 0.4) is 0 Å². The highest BCUT2D eigenvalue weighted by Gasteiger charge is 2.61. The SMILES string of the molecule is CC(=O)OC[C@H]1O[C@H](OC[C@H]2O[C@@H]3OC(C)(C)O[C@@H]3[C@H]3OC(C)(C)O[C@H]32)[C@H](N=C(C)C2=C(O)CC(C)(C)CC2=O)[C@@H](OC(C)=O)[C@@H]1OC(C)=O. The summed E-state index contributed by atoms with van der Waals surface area (Å²) in [5.41, 5.74) is -0.303. The summed E-state index contributed by atoms with van der Waals surface area (Å²) in [7, 11) is 0. The van der Waals surface area contributed by atoms with Crippen LogP contribution < -0.4 is 0 Å². The summed E-state index contributed by atoms with van der Waals surface area (Å²) in [6.45, 7) is 15.3. The zero-order valence-corrected chi connectivity index (χ0v) is 30.2. The number of allylic oxidation sites excluding steroid dienone is 2. The minimum atomic E-state index is -1.35. The van der Waals surface area contributed by atoms with E-state index in [1.807, 2.05) is 13.8 Å². The van der Waals surface area contributed by atoms with Crippen LogP contribution in [0, 0.1) is 5.41 Å². The molecule has 0 aromatic rings. The van der Waals surface area contributed by atoms with Crippen molar-refractivity contribution in [1.82, 2.24) is 0 Å². The third kappa shape index (κ3) is 8.54. The molecule has 280 valence electrons. The maximum Gasteiger partial charge on any atom is 0.303 e. The van der Waals surface area contributed by atoms with Crippen LogP contribution in [-0.4, -0.2) is 121 Å². The lowest BCUT2D eigenvalue weighted by molar-refractivity contribution is -0.293. The average Bonchev–Trinajstić information content (AvgIpc) is 3.45. The number of hydrogen-bond donors (Lipinski definition) is 1. The third-order valence-corrected chi connectivity index (χ3v) is 8.90. The van der Waals surface area contributed by atoms with Crippen LogP contribution in [0.4, 0.5) is 0 Å². The first-order chi connectivity index (χ1) is 23.1. The van der Waals surface area contributed by atoms with Crippen LogP contribution in [0.2, 0.25) is 0 Å². The normalized spacial score (nSPS) is 37.5. The van der Waals surface area contributed by atoms with Gasteiger partial charge in [0.15, 0.2) is 42.1 Å². The highest BCUT2D eigenvalue weighted by molar-refractivity contribution is 6.22. The van der Waals surface area contributed by atoms with Crippen LogP contribution in [0.25, 0.3) is 0 Å². The summed E-state index contributed by atoms with van der Waals surface area (Å²) in [6, 6.07) is -1.26. The fraction of sp³-hybridized carbons (Fsp3) is 0.794. The summed E-state index contributed by atoms with van der Waals surface area (Å²) in [5, 5.41) is 10.9. The number of fused-ring (bicyclic) bond motifs is 3. The second-order valence-corrected chi connectivity index (χ2v) is 15.0. The highest BCUT2D eigenvalue weighted by atomic mass is 16.9. The predicted octanol–water partition coefficient (Wildman–Crippen LogP) is 2.58. The van der Waals surface area contributed by atoms with Gasteiger partial charge in [-0.3, -0.25) is 24.2 Å². The van der Waals surface area contributed by atoms with E-state index in [9.17, 15) is 24.3 Å². The van der Waals surface area contributed by atoms with Crippen LogP contribution in [0.5, 0.6) is 0 Å². The second-order valence-electron chi connectivity index (χ2n) is 15.0. The van der Waals surface area contributed by atoms with E-state index in [2.05, 4.69) is 0 Å². The van der Waals surface area contributed by atoms with Gasteiger partial charge >= 0.3 is 17.9 Å². The first-order valence-corrected chi connectivity index (χ1v) is 16.8. The molecule has 16 nitrogen and oxygen atoms in total. The quantitative estimate of drug-likeness (QED) is 0.208. The summed E-state index contributed by atoms with van der Waals surface area (Å²) < 4.78 is 60.0. The topological polar surface area (TPSA) is 193 Å². The van der Waals surface area contributed by atoms with E-state index in [1.54, 1.807) is 27.7 Å². The first-order valence-electron chi connectivity index (χ1n) is 16.8. The Kier molecular flexibility index (Phi) is 10.9. The van der Waals surface area contributed by atoms with E-state index in [4.69, 9.17) is 52.4 Å². The van der Waals surface area contributed by atoms with Gasteiger partial charge in [0.25, 0.3) is 0 Å². The van der Waals surface area contributed by atoms with Crippen LogP contribution in [-0.2, 0) is 66.5 Å². The van der Waals surface area contributed by atoms with E-state index in [0.29, 0.717) is 0 Å². The van der Waals surface area contributed by atoms with E-state index in [0.717, 1.165) is 6.92 Å². The van der Waals surface area contributed by atoms with Crippen molar-refractivity contribution in [3.05, 3.63) is 11.3 Å². The Morgan fingerprint density at radius 3 is 1.98 bits per heavy atom. The van der Waals surface area contributed by atoms with Crippen molar-refractivity contribution in [1.29, 1.82) is 0 Å². The summed E-state index contributed by atoms with van der Waals surface area (Å²) in [6.07, 6.45) is -8.18. The van der Waals surface area contributed by atoms with Crippen molar-refractivity contribution in [2.24, 2.45) is 10.4 Å². The van der Waals surface area contributed by atoms with Gasteiger partial charge < -0.3 is 52.5 Å². The van der Waals surface area contributed by atoms with Gasteiger partial charge in [0.2, 0.25) is 0 Å².